The van der Waals surface area contributed by atoms with Gasteiger partial charge >= 0.3 is 5.97 Å². The summed E-state index contributed by atoms with van der Waals surface area (Å²) in [5.74, 6) is -0.412. The Morgan fingerprint density at radius 1 is 1.14 bits per heavy atom. The predicted molar refractivity (Wildman–Crippen MR) is 103 cm³/mol. The van der Waals surface area contributed by atoms with Crippen molar-refractivity contribution < 1.29 is 32.5 Å². The number of halogens is 2. The molecule has 0 aromatic heterocycles. The van der Waals surface area contributed by atoms with E-state index in [-0.39, 0.29) is 26.4 Å². The van der Waals surface area contributed by atoms with Gasteiger partial charge in [0.15, 0.2) is 11.5 Å². The maximum Gasteiger partial charge on any atom is 0.324 e. The Hall–Kier alpha value is -2.36. The Morgan fingerprint density at radius 3 is 2.46 bits per heavy atom. The summed E-state index contributed by atoms with van der Waals surface area (Å²) in [6, 6.07) is 6.87. The Labute approximate surface area is 171 Å². The zero-order valence-corrected chi connectivity index (χ0v) is 16.8. The summed E-state index contributed by atoms with van der Waals surface area (Å²) < 4.78 is 43.0. The number of carbonyl (C=O) groups is 1. The Bertz CT molecular complexity index is 1030. The molecule has 150 valence electrons. The summed E-state index contributed by atoms with van der Waals surface area (Å²) in [7, 11) is -3.01. The molecule has 2 aromatic carbocycles. The summed E-state index contributed by atoms with van der Waals surface area (Å²) in [6.45, 7) is -0.173. The summed E-state index contributed by atoms with van der Waals surface area (Å²) in [4.78, 5) is 11.0. The Morgan fingerprint density at radius 2 is 1.82 bits per heavy atom. The minimum absolute atomic E-state index is 0.0784. The molecular formula is C17H15Cl2NO7S. The van der Waals surface area contributed by atoms with E-state index in [4.69, 9.17) is 37.4 Å². The number of hydrogen-bond acceptors (Lipinski definition) is 6. The van der Waals surface area contributed by atoms with Crippen molar-refractivity contribution in [1.29, 1.82) is 0 Å². The normalized spacial score (nSPS) is 13.1. The number of hydrogen-bond donors (Lipinski definition) is 1. The molecule has 1 N–H and O–H groups in total. The second-order valence-electron chi connectivity index (χ2n) is 5.63. The number of nitrogens with zero attached hydrogens (tertiary/aromatic N) is 1. The van der Waals surface area contributed by atoms with Crippen LogP contribution >= 0.6 is 23.2 Å². The van der Waals surface area contributed by atoms with Crippen molar-refractivity contribution in [3.63, 3.8) is 0 Å². The lowest BCUT2D eigenvalue weighted by Gasteiger charge is -2.26. The average Bonchev–Trinajstić information content (AvgIpc) is 2.67. The van der Waals surface area contributed by atoms with Crippen LogP contribution in [0.1, 0.15) is 0 Å². The standard InChI is InChI=1S/C17H15Cl2NO7S/c1-25-12-4-5-14(17(19)16(12)18)28(23,24)20(9-15(21)22)10-2-3-11-13(8-10)27-7-6-26-11/h2-5,8H,6-7,9H2,1H3,(H,21,22). The average molecular weight is 448 g/mol. The molecule has 8 nitrogen and oxygen atoms in total. The molecule has 11 heteroatoms. The lowest BCUT2D eigenvalue weighted by Crippen LogP contribution is -2.36. The highest BCUT2D eigenvalue weighted by Gasteiger charge is 2.31. The highest BCUT2D eigenvalue weighted by Crippen LogP contribution is 2.40. The summed E-state index contributed by atoms with van der Waals surface area (Å²) in [5, 5.41) is 8.89. The topological polar surface area (TPSA) is 102 Å². The van der Waals surface area contributed by atoms with Crippen LogP contribution in [0.4, 0.5) is 5.69 Å². The van der Waals surface area contributed by atoms with E-state index in [1.807, 2.05) is 0 Å². The van der Waals surface area contributed by atoms with Crippen LogP contribution in [-0.4, -0.2) is 46.4 Å². The second-order valence-corrected chi connectivity index (χ2v) is 8.21. The minimum Gasteiger partial charge on any atom is -0.495 e. The second kappa shape index (κ2) is 7.94. The van der Waals surface area contributed by atoms with Crippen LogP contribution in [-0.2, 0) is 14.8 Å². The number of methoxy groups -OCH3 is 1. The van der Waals surface area contributed by atoms with Crippen LogP contribution in [0, 0.1) is 0 Å². The van der Waals surface area contributed by atoms with Gasteiger partial charge < -0.3 is 19.3 Å². The number of rotatable bonds is 6. The van der Waals surface area contributed by atoms with E-state index < -0.39 is 22.5 Å². The number of ether oxygens (including phenoxy) is 3. The minimum atomic E-state index is -4.37. The van der Waals surface area contributed by atoms with E-state index in [0.717, 1.165) is 0 Å². The van der Waals surface area contributed by atoms with Gasteiger partial charge in [-0.2, -0.15) is 0 Å². The first kappa shape index (κ1) is 20.4. The molecule has 0 saturated heterocycles. The molecule has 0 bridgehead atoms. The smallest absolute Gasteiger partial charge is 0.324 e. The maximum atomic E-state index is 13.2. The van der Waals surface area contributed by atoms with Crippen LogP contribution in [0.25, 0.3) is 0 Å². The molecule has 0 atom stereocenters. The number of fused-ring (bicyclic) bond motifs is 1. The molecule has 0 unspecified atom stereocenters. The Kier molecular flexibility index (Phi) is 5.78. The first-order valence-electron chi connectivity index (χ1n) is 7.92. The van der Waals surface area contributed by atoms with Gasteiger partial charge in [0, 0.05) is 6.07 Å². The highest BCUT2D eigenvalue weighted by molar-refractivity contribution is 7.93. The highest BCUT2D eigenvalue weighted by atomic mass is 35.5. The summed E-state index contributed by atoms with van der Waals surface area (Å²) in [5.41, 5.74) is 0.0784. The molecule has 0 fully saturated rings. The molecule has 0 saturated carbocycles. The fourth-order valence-corrected chi connectivity index (χ4v) is 4.84. The van der Waals surface area contributed by atoms with E-state index in [1.54, 1.807) is 0 Å². The maximum absolute atomic E-state index is 13.2. The van der Waals surface area contributed by atoms with E-state index in [9.17, 15) is 18.3 Å². The van der Waals surface area contributed by atoms with Gasteiger partial charge in [0.25, 0.3) is 10.0 Å². The number of sulfonamides is 1. The molecule has 3 rings (SSSR count). The zero-order chi connectivity index (χ0) is 20.5. The first-order valence-corrected chi connectivity index (χ1v) is 10.1. The number of carboxylic acids is 1. The number of aliphatic carboxylic acids is 1. The van der Waals surface area contributed by atoms with Gasteiger partial charge in [-0.05, 0) is 24.3 Å². The van der Waals surface area contributed by atoms with Crippen molar-refractivity contribution in [3.05, 3.63) is 40.4 Å². The van der Waals surface area contributed by atoms with Crippen molar-refractivity contribution in [2.24, 2.45) is 0 Å². The van der Waals surface area contributed by atoms with Crippen LogP contribution in [0.3, 0.4) is 0 Å². The van der Waals surface area contributed by atoms with Crippen LogP contribution in [0.2, 0.25) is 10.0 Å². The van der Waals surface area contributed by atoms with Gasteiger partial charge in [-0.25, -0.2) is 8.42 Å². The molecule has 2 aromatic rings. The molecular weight excluding hydrogens is 433 g/mol. The third-order valence-electron chi connectivity index (χ3n) is 3.89. The van der Waals surface area contributed by atoms with E-state index in [1.165, 1.54) is 37.4 Å². The number of anilines is 1. The molecule has 0 amide bonds. The van der Waals surface area contributed by atoms with Crippen molar-refractivity contribution in [2.45, 2.75) is 4.90 Å². The van der Waals surface area contributed by atoms with Gasteiger partial charge in [0.05, 0.1) is 17.8 Å². The van der Waals surface area contributed by atoms with Gasteiger partial charge in [0.2, 0.25) is 0 Å². The monoisotopic (exact) mass is 447 g/mol. The van der Waals surface area contributed by atoms with Crippen LogP contribution < -0.4 is 18.5 Å². The van der Waals surface area contributed by atoms with Gasteiger partial charge in [-0.15, -0.1) is 0 Å². The molecule has 0 radical (unpaired) electrons. The summed E-state index contributed by atoms with van der Waals surface area (Å²) in [6.07, 6.45) is 0. The first-order chi connectivity index (χ1) is 13.3. The van der Waals surface area contributed by atoms with Crippen molar-refractivity contribution >= 4 is 44.9 Å². The Balaban J connectivity index is 2.11. The fourth-order valence-electron chi connectivity index (χ4n) is 2.61. The van der Waals surface area contributed by atoms with Gasteiger partial charge in [0.1, 0.15) is 35.4 Å². The van der Waals surface area contributed by atoms with Crippen molar-refractivity contribution in [1.82, 2.24) is 0 Å². The van der Waals surface area contributed by atoms with Crippen LogP contribution in [0.15, 0.2) is 35.2 Å². The molecule has 1 aliphatic rings. The fraction of sp³-hybridized carbons (Fsp3) is 0.235. The van der Waals surface area contributed by atoms with Crippen molar-refractivity contribution in [3.8, 4) is 17.2 Å². The van der Waals surface area contributed by atoms with E-state index >= 15 is 0 Å². The molecule has 28 heavy (non-hydrogen) atoms. The third-order valence-corrected chi connectivity index (χ3v) is 6.68. The van der Waals surface area contributed by atoms with Gasteiger partial charge in [-0.1, -0.05) is 23.2 Å². The zero-order valence-electron chi connectivity index (χ0n) is 14.5. The third kappa shape index (κ3) is 3.78. The van der Waals surface area contributed by atoms with Gasteiger partial charge in [-0.3, -0.25) is 9.10 Å². The van der Waals surface area contributed by atoms with Crippen molar-refractivity contribution in [2.75, 3.05) is 31.2 Å². The quantitative estimate of drug-likeness (QED) is 0.725. The van der Waals surface area contributed by atoms with E-state index in [2.05, 4.69) is 0 Å². The molecule has 1 aliphatic heterocycles. The number of carboxylic acid groups (broad SMARTS) is 1. The molecule has 0 aliphatic carbocycles. The largest absolute Gasteiger partial charge is 0.495 e. The lowest BCUT2D eigenvalue weighted by atomic mass is 10.2. The number of benzene rings is 2. The molecule has 1 heterocycles. The molecule has 0 spiro atoms. The SMILES string of the molecule is COc1ccc(S(=O)(=O)N(CC(=O)O)c2ccc3c(c2)OCCO3)c(Cl)c1Cl. The predicted octanol–water partition coefficient (Wildman–Crippen LogP) is 3.05. The lowest BCUT2D eigenvalue weighted by molar-refractivity contribution is -0.135. The van der Waals surface area contributed by atoms with Crippen LogP contribution in [0.5, 0.6) is 17.2 Å². The summed E-state index contributed by atoms with van der Waals surface area (Å²) >= 11 is 12.2. The van der Waals surface area contributed by atoms with E-state index in [0.29, 0.717) is 29.0 Å².